The van der Waals surface area contributed by atoms with Gasteiger partial charge in [0.15, 0.2) is 11.9 Å². The maximum Gasteiger partial charge on any atom is 0.326 e. The molecular weight excluding hydrogens is 1380 g/mol. The monoisotopic (exact) mass is 1490 g/mol. The molecule has 0 aliphatic carbocycles. The lowest BCUT2D eigenvalue weighted by molar-refractivity contribution is -0.143. The minimum Gasteiger partial charge on any atom is -0.480 e. The van der Waals surface area contributed by atoms with E-state index in [-0.39, 0.29) is 140 Å². The zero-order chi connectivity index (χ0) is 76.7. The topological polar surface area (TPSA) is 573 Å². The number of hydrogen-bond acceptors (Lipinski definition) is 19. The smallest absolute Gasteiger partial charge is 0.326 e. The molecule has 105 heavy (non-hydrogen) atoms. The van der Waals surface area contributed by atoms with Crippen LogP contribution < -0.4 is 81.8 Å². The molecule has 36 nitrogen and oxygen atoms in total. The Hall–Kier alpha value is -10.2. The second kappa shape index (κ2) is 42.6. The maximum absolute atomic E-state index is 14.5. The van der Waals surface area contributed by atoms with E-state index in [1.807, 2.05) is 42.7 Å². The molecule has 0 spiro atoms. The summed E-state index contributed by atoms with van der Waals surface area (Å²) in [4.78, 5) is 197. The second-order valence-corrected chi connectivity index (χ2v) is 27.6. The average Bonchev–Trinajstić information content (AvgIpc) is 1.79. The normalized spacial score (nSPS) is 17.8. The number of aliphatic hydroxyl groups is 1. The van der Waals surface area contributed by atoms with Crippen LogP contribution in [-0.4, -0.2) is 243 Å². The molecular formula is C68H103N21O15S. The summed E-state index contributed by atoms with van der Waals surface area (Å²) in [7, 11) is 0. The third-order valence-corrected chi connectivity index (χ3v) is 18.7. The number of likely N-dealkylation sites (tertiary alicyclic amines) is 2. The predicted octanol–water partition coefficient (Wildman–Crippen LogP) is -4.28. The molecule has 4 heterocycles. The van der Waals surface area contributed by atoms with E-state index in [4.69, 9.17) is 28.7 Å². The molecule has 1 aromatic heterocycles. The molecule has 3 fully saturated rings. The van der Waals surface area contributed by atoms with Crippen molar-refractivity contribution in [1.29, 1.82) is 0 Å². The van der Waals surface area contributed by atoms with Crippen molar-refractivity contribution in [2.24, 2.45) is 44.6 Å². The van der Waals surface area contributed by atoms with Gasteiger partial charge in [0, 0.05) is 57.3 Å². The number of nitrogens with one attached hydrogen (secondary N) is 11. The molecule has 12 amide bonds. The lowest BCUT2D eigenvalue weighted by atomic mass is 10.0. The third kappa shape index (κ3) is 26.8. The number of fused-ring (bicyclic) bond motifs is 1. The lowest BCUT2D eigenvalue weighted by Crippen LogP contribution is -2.61. The standard InChI is InChI=1S/C68H103N21O15S/c1-38(2)30-48(84-57(94)44(15-8-25-75-67(70)71)81-64(101)53-18-11-28-89(53)65(102)47(16-9-26-76-68(72)73)83-58(95)45-21-22-54(91)79-45)60(97)87-51(36-90)62(99)85-49(33-42-34-74-37-78-42)61(98)80-43(14-6-7-24-69)56(93)77-35-55(92)88-27-10-17-52(88)63(100)82-46(23-29-105-3)59(96)86-50(66(103)104)32-39-19-20-40-12-4-5-13-41(40)31-39/h4-5,12-13,19-20,31,34,37-38,43-53,90H,6-11,14-18,21-30,32-33,35-36,69H2,1-3H3,(H,74,78)(H,77,93)(H,79,91)(H,80,98)(H,81,101)(H,82,100)(H,83,95)(H,84,94)(H,85,99)(H,86,96)(H,87,97)(H,103,104)(H4,70,71,75)(H4,72,73,76)/t43-,44-,45-,46-,47-,48-,49-,50-,51-,52-,53-/m0/s1. The number of aromatic amines is 1. The van der Waals surface area contributed by atoms with E-state index in [2.05, 4.69) is 73.1 Å². The van der Waals surface area contributed by atoms with Crippen molar-refractivity contribution in [2.45, 2.75) is 189 Å². The number of carbonyl (C=O) groups excluding carboxylic acids is 12. The van der Waals surface area contributed by atoms with Gasteiger partial charge in [-0.3, -0.25) is 67.5 Å². The molecule has 6 rings (SSSR count). The number of carboxylic acids is 1. The fourth-order valence-corrected chi connectivity index (χ4v) is 13.0. The fraction of sp³-hybridized carbons (Fsp3) is 0.588. The summed E-state index contributed by atoms with van der Waals surface area (Å²) in [5.41, 5.74) is 29.0. The summed E-state index contributed by atoms with van der Waals surface area (Å²) in [6.07, 6.45) is 6.85. The first-order valence-electron chi connectivity index (χ1n) is 35.4. The minimum absolute atomic E-state index is 0.000231. The second-order valence-electron chi connectivity index (χ2n) is 26.6. The van der Waals surface area contributed by atoms with Gasteiger partial charge in [0.1, 0.15) is 66.5 Å². The van der Waals surface area contributed by atoms with Crippen LogP contribution >= 0.6 is 11.8 Å². The Kier molecular flexibility index (Phi) is 34.0. The highest BCUT2D eigenvalue weighted by atomic mass is 32.2. The first-order chi connectivity index (χ1) is 50.2. The first-order valence-corrected chi connectivity index (χ1v) is 36.8. The van der Waals surface area contributed by atoms with Crippen LogP contribution in [-0.2, 0) is 75.2 Å². The molecule has 0 bridgehead atoms. The Bertz CT molecular complexity index is 3560. The Balaban J connectivity index is 1.10. The van der Waals surface area contributed by atoms with E-state index < -0.39 is 151 Å². The van der Waals surface area contributed by atoms with Gasteiger partial charge >= 0.3 is 5.97 Å². The number of unbranched alkanes of at least 4 members (excludes halogenated alkanes) is 1. The Morgan fingerprint density at radius 3 is 1.75 bits per heavy atom. The zero-order valence-electron chi connectivity index (χ0n) is 59.5. The molecule has 11 atom stereocenters. The van der Waals surface area contributed by atoms with Crippen LogP contribution in [0.3, 0.4) is 0 Å². The number of hydrogen-bond donors (Lipinski definition) is 18. The summed E-state index contributed by atoms with van der Waals surface area (Å²) in [5.74, 6) is -10.5. The van der Waals surface area contributed by atoms with E-state index in [9.17, 15) is 72.5 Å². The number of nitrogens with two attached hydrogens (primary N) is 5. The number of amides is 12. The number of carboxylic acid groups (broad SMARTS) is 1. The predicted molar refractivity (Wildman–Crippen MR) is 389 cm³/mol. The van der Waals surface area contributed by atoms with Crippen LogP contribution in [0.15, 0.2) is 65.0 Å². The van der Waals surface area contributed by atoms with Gasteiger partial charge in [-0.1, -0.05) is 56.3 Å². The number of aliphatic hydroxyl groups excluding tert-OH is 1. The lowest BCUT2D eigenvalue weighted by Gasteiger charge is -2.31. The fourth-order valence-electron chi connectivity index (χ4n) is 12.5. The number of H-pyrrole nitrogens is 1. The van der Waals surface area contributed by atoms with Crippen molar-refractivity contribution in [3.63, 3.8) is 0 Å². The molecule has 37 heteroatoms. The van der Waals surface area contributed by atoms with Gasteiger partial charge in [-0.25, -0.2) is 9.78 Å². The minimum atomic E-state index is -1.76. The van der Waals surface area contributed by atoms with Crippen molar-refractivity contribution in [1.82, 2.24) is 72.9 Å². The van der Waals surface area contributed by atoms with Gasteiger partial charge in [0.05, 0.1) is 19.5 Å². The molecule has 3 aromatic rings. The Morgan fingerprint density at radius 2 is 1.16 bits per heavy atom. The van der Waals surface area contributed by atoms with E-state index in [0.29, 0.717) is 42.7 Å². The van der Waals surface area contributed by atoms with Gasteiger partial charge < -0.3 is 107 Å². The van der Waals surface area contributed by atoms with Crippen LogP contribution in [0.25, 0.3) is 10.8 Å². The van der Waals surface area contributed by atoms with Gasteiger partial charge in [0.2, 0.25) is 70.9 Å². The number of aliphatic imine (C=N–C) groups is 2. The van der Waals surface area contributed by atoms with E-state index in [0.717, 1.165) is 10.8 Å². The van der Waals surface area contributed by atoms with Crippen LogP contribution in [0.2, 0.25) is 0 Å². The molecule has 0 unspecified atom stereocenters. The number of imidazole rings is 1. The largest absolute Gasteiger partial charge is 0.480 e. The number of nitrogens with zero attached hydrogens (tertiary/aromatic N) is 5. The molecule has 3 aliphatic heterocycles. The first kappa shape index (κ1) is 83.8. The molecule has 576 valence electrons. The summed E-state index contributed by atoms with van der Waals surface area (Å²) in [5, 5.41) is 49.0. The highest BCUT2D eigenvalue weighted by molar-refractivity contribution is 7.98. The number of rotatable bonds is 43. The number of aliphatic carboxylic acids is 1. The van der Waals surface area contributed by atoms with Crippen molar-refractivity contribution in [3.05, 3.63) is 66.2 Å². The molecule has 23 N–H and O–H groups in total. The maximum atomic E-state index is 14.5. The number of thioether (sulfide) groups is 1. The Labute approximate surface area is 612 Å². The van der Waals surface area contributed by atoms with Crippen molar-refractivity contribution < 1.29 is 72.5 Å². The SMILES string of the molecule is CSCC[C@H](NC(=O)[C@@H]1CCCN1C(=O)CNC(=O)[C@H](CCCCN)NC(=O)[C@H](Cc1cnc[nH]1)NC(=O)[C@H](CO)NC(=O)[C@H](CC(C)C)NC(=O)[C@H](CCCN=C(N)N)NC(=O)[C@@H]1CCCN1C(=O)[C@H](CCCN=C(N)N)NC(=O)[C@@H]1CCC(=O)N1)C(=O)N[C@@H](Cc1ccc2ccccc2c1)C(=O)O. The number of benzene rings is 2. The van der Waals surface area contributed by atoms with Crippen LogP contribution in [0.1, 0.15) is 121 Å². The van der Waals surface area contributed by atoms with Gasteiger partial charge in [-0.05, 0) is 131 Å². The quantitative estimate of drug-likeness (QED) is 0.0145. The van der Waals surface area contributed by atoms with E-state index in [1.54, 1.807) is 19.9 Å². The van der Waals surface area contributed by atoms with Crippen LogP contribution in [0.5, 0.6) is 0 Å². The van der Waals surface area contributed by atoms with E-state index >= 15 is 0 Å². The summed E-state index contributed by atoms with van der Waals surface area (Å²) in [6, 6.07) is -1.10. The summed E-state index contributed by atoms with van der Waals surface area (Å²) >= 11 is 1.41. The number of aromatic nitrogens is 2. The molecule has 3 saturated heterocycles. The van der Waals surface area contributed by atoms with Gasteiger partial charge in [-0.15, -0.1) is 0 Å². The highest BCUT2D eigenvalue weighted by Crippen LogP contribution is 2.23. The summed E-state index contributed by atoms with van der Waals surface area (Å²) < 4.78 is 0. The third-order valence-electron chi connectivity index (χ3n) is 18.0. The van der Waals surface area contributed by atoms with Gasteiger partial charge in [0.25, 0.3) is 0 Å². The number of carbonyl (C=O) groups is 13. The molecule has 2 aromatic carbocycles. The number of guanidine groups is 2. The average molecular weight is 1490 g/mol. The molecule has 0 saturated carbocycles. The zero-order valence-corrected chi connectivity index (χ0v) is 60.4. The van der Waals surface area contributed by atoms with Crippen LogP contribution in [0.4, 0.5) is 0 Å². The summed E-state index contributed by atoms with van der Waals surface area (Å²) in [6.45, 7) is 2.43. The molecule has 3 aliphatic rings. The van der Waals surface area contributed by atoms with Crippen LogP contribution in [0, 0.1) is 5.92 Å². The van der Waals surface area contributed by atoms with E-state index in [1.165, 1.54) is 34.1 Å². The van der Waals surface area contributed by atoms with Gasteiger partial charge in [-0.2, -0.15) is 11.8 Å². The van der Waals surface area contributed by atoms with Crippen molar-refractivity contribution in [3.8, 4) is 0 Å². The van der Waals surface area contributed by atoms with Crippen molar-refractivity contribution in [2.75, 3.05) is 57.9 Å². The molecule has 0 radical (unpaired) electrons. The van der Waals surface area contributed by atoms with Crippen molar-refractivity contribution >= 4 is 111 Å². The Morgan fingerprint density at radius 1 is 0.619 bits per heavy atom. The highest BCUT2D eigenvalue weighted by Gasteiger charge is 2.42.